The molecule has 24 heavy (non-hydrogen) atoms. The molecule has 0 amide bonds. The Balaban J connectivity index is 1.34. The van der Waals surface area contributed by atoms with Gasteiger partial charge in [-0.15, -0.1) is 0 Å². The Labute approximate surface area is 147 Å². The fourth-order valence-electron chi connectivity index (χ4n) is 5.50. The van der Waals surface area contributed by atoms with Crippen molar-refractivity contribution in [1.82, 2.24) is 5.32 Å². The Morgan fingerprint density at radius 3 is 2.54 bits per heavy atom. The average molecular weight is 325 g/mol. The summed E-state index contributed by atoms with van der Waals surface area (Å²) in [5, 5.41) is 13.0. The van der Waals surface area contributed by atoms with Crippen LogP contribution >= 0.6 is 0 Å². The molecule has 1 heterocycles. The van der Waals surface area contributed by atoms with E-state index in [0.29, 0.717) is 17.9 Å². The van der Waals surface area contributed by atoms with Gasteiger partial charge in [0.1, 0.15) is 0 Å². The van der Waals surface area contributed by atoms with Gasteiger partial charge in [0, 0.05) is 12.6 Å². The van der Waals surface area contributed by atoms with Crippen molar-refractivity contribution in [2.75, 3.05) is 6.54 Å². The number of hydrogen-bond donors (Lipinski definition) is 1. The molecule has 1 saturated heterocycles. The van der Waals surface area contributed by atoms with E-state index < -0.39 is 0 Å². The largest absolute Gasteiger partial charge is 0.311 e. The van der Waals surface area contributed by atoms with E-state index in [2.05, 4.69) is 23.5 Å². The van der Waals surface area contributed by atoms with E-state index in [1.54, 1.807) is 11.1 Å². The van der Waals surface area contributed by atoms with Crippen LogP contribution in [0.2, 0.25) is 0 Å². The highest BCUT2D eigenvalue weighted by Gasteiger charge is 2.40. The highest BCUT2D eigenvalue weighted by Crippen LogP contribution is 2.43. The van der Waals surface area contributed by atoms with Crippen molar-refractivity contribution < 1.29 is 0 Å². The van der Waals surface area contributed by atoms with Crippen LogP contribution in [0.4, 0.5) is 0 Å². The lowest BCUT2D eigenvalue weighted by Gasteiger charge is -2.34. The zero-order valence-corrected chi connectivity index (χ0v) is 15.0. The van der Waals surface area contributed by atoms with Crippen LogP contribution in [0.5, 0.6) is 0 Å². The lowest BCUT2D eigenvalue weighted by atomic mass is 9.69. The van der Waals surface area contributed by atoms with E-state index >= 15 is 0 Å². The topological polar surface area (TPSA) is 45.7 Å². The Hall–Kier alpha value is -1.07. The second kappa shape index (κ2) is 7.44. The summed E-state index contributed by atoms with van der Waals surface area (Å²) < 4.78 is 0. The van der Waals surface area contributed by atoms with Crippen LogP contribution in [0.3, 0.4) is 0 Å². The highest BCUT2D eigenvalue weighted by molar-refractivity contribution is 5.27. The number of nitrogens with zero attached hydrogens (tertiary/aromatic N) is 1. The van der Waals surface area contributed by atoms with Gasteiger partial charge < -0.3 is 5.32 Å². The van der Waals surface area contributed by atoms with Crippen LogP contribution < -0.4 is 5.32 Å². The van der Waals surface area contributed by atoms with Gasteiger partial charge >= 0.3 is 0 Å². The maximum absolute atomic E-state index is 9.57. The number of rotatable bonds is 4. The smallest absolute Gasteiger partial charge is 0.0659 e. The number of nitrogens with one attached hydrogen (secondary N) is 1. The molecule has 4 rings (SSSR count). The van der Waals surface area contributed by atoms with E-state index in [1.807, 2.05) is 0 Å². The fraction of sp³-hybridized carbons (Fsp3) is 0.773. The van der Waals surface area contributed by atoms with Crippen LogP contribution in [0.15, 0.2) is 23.3 Å². The van der Waals surface area contributed by atoms with E-state index in [-0.39, 0.29) is 5.92 Å². The molecular formula is C22H32N2. The Morgan fingerprint density at radius 1 is 1.04 bits per heavy atom. The molecule has 0 aromatic rings. The minimum atomic E-state index is 0.275. The van der Waals surface area contributed by atoms with Gasteiger partial charge in [0.05, 0.1) is 12.0 Å². The van der Waals surface area contributed by atoms with E-state index in [0.717, 1.165) is 18.9 Å². The second-order valence-corrected chi connectivity index (χ2v) is 8.70. The summed E-state index contributed by atoms with van der Waals surface area (Å²) in [6.07, 6.45) is 19.7. The molecule has 3 aliphatic carbocycles. The standard InChI is InChI=1S/C22H32N2/c23-14-20-13-19(10-11-21(20)22-15-24-22)18-8-6-17(7-9-18)12-16-4-2-1-3-5-16/h6,8,16,19-22,24H,1-5,7,9-13,15H2. The molecule has 0 bridgehead atoms. The van der Waals surface area contributed by atoms with Crippen molar-refractivity contribution in [3.63, 3.8) is 0 Å². The Morgan fingerprint density at radius 2 is 1.88 bits per heavy atom. The number of hydrogen-bond acceptors (Lipinski definition) is 2. The molecule has 0 aromatic heterocycles. The normalized spacial score (nSPS) is 37.3. The van der Waals surface area contributed by atoms with Gasteiger partial charge in [0.15, 0.2) is 0 Å². The van der Waals surface area contributed by atoms with Crippen molar-refractivity contribution >= 4 is 0 Å². The first kappa shape index (κ1) is 16.4. The minimum Gasteiger partial charge on any atom is -0.311 e. The molecule has 130 valence electrons. The summed E-state index contributed by atoms with van der Waals surface area (Å²) >= 11 is 0. The third kappa shape index (κ3) is 3.77. The predicted octanol–water partition coefficient (Wildman–Crippen LogP) is 5.13. The molecule has 2 heteroatoms. The zero-order valence-electron chi connectivity index (χ0n) is 15.0. The SMILES string of the molecule is N#CC1CC(C2=CC=C(CC3CCCCC3)CC2)CCC1C1CN1. The van der Waals surface area contributed by atoms with Crippen molar-refractivity contribution in [2.45, 2.75) is 76.7 Å². The maximum atomic E-state index is 9.57. The van der Waals surface area contributed by atoms with Gasteiger partial charge in [0.2, 0.25) is 0 Å². The molecule has 4 aliphatic rings. The molecule has 0 spiro atoms. The van der Waals surface area contributed by atoms with Gasteiger partial charge in [-0.1, -0.05) is 55.4 Å². The molecule has 2 saturated carbocycles. The Bertz CT molecular complexity index is 543. The second-order valence-electron chi connectivity index (χ2n) is 8.70. The zero-order chi connectivity index (χ0) is 16.4. The van der Waals surface area contributed by atoms with Crippen molar-refractivity contribution in [1.29, 1.82) is 5.26 Å². The maximum Gasteiger partial charge on any atom is 0.0659 e. The van der Waals surface area contributed by atoms with Crippen molar-refractivity contribution in [2.24, 2.45) is 23.7 Å². The highest BCUT2D eigenvalue weighted by atomic mass is 15.1. The van der Waals surface area contributed by atoms with Crippen molar-refractivity contribution in [3.8, 4) is 6.07 Å². The molecule has 0 aromatic carbocycles. The third-order valence-electron chi connectivity index (χ3n) is 7.09. The van der Waals surface area contributed by atoms with Crippen LogP contribution in [0.1, 0.15) is 70.6 Å². The van der Waals surface area contributed by atoms with Crippen molar-refractivity contribution in [3.05, 3.63) is 23.3 Å². The molecule has 0 radical (unpaired) electrons. The van der Waals surface area contributed by atoms with Gasteiger partial charge in [-0.2, -0.15) is 5.26 Å². The first-order valence-electron chi connectivity index (χ1n) is 10.3. The summed E-state index contributed by atoms with van der Waals surface area (Å²) in [7, 11) is 0. The molecule has 4 unspecified atom stereocenters. The summed E-state index contributed by atoms with van der Waals surface area (Å²) in [5.74, 6) is 2.53. The molecular weight excluding hydrogens is 292 g/mol. The van der Waals surface area contributed by atoms with Crippen LogP contribution in [0, 0.1) is 35.0 Å². The van der Waals surface area contributed by atoms with E-state index in [1.165, 1.54) is 64.2 Å². The summed E-state index contributed by atoms with van der Waals surface area (Å²) in [4.78, 5) is 0. The van der Waals surface area contributed by atoms with Gasteiger partial charge in [-0.25, -0.2) is 0 Å². The molecule has 1 aliphatic heterocycles. The first-order chi connectivity index (χ1) is 11.8. The quantitative estimate of drug-likeness (QED) is 0.728. The lowest BCUT2D eigenvalue weighted by molar-refractivity contribution is 0.236. The summed E-state index contributed by atoms with van der Waals surface area (Å²) in [5.41, 5.74) is 3.34. The summed E-state index contributed by atoms with van der Waals surface area (Å²) in [6, 6.07) is 3.28. The molecule has 4 atom stereocenters. The minimum absolute atomic E-state index is 0.275. The fourth-order valence-corrected chi connectivity index (χ4v) is 5.50. The lowest BCUT2D eigenvalue weighted by Crippen LogP contribution is -2.29. The molecule has 1 N–H and O–H groups in total. The first-order valence-corrected chi connectivity index (χ1v) is 10.3. The van der Waals surface area contributed by atoms with Crippen LogP contribution in [0.25, 0.3) is 0 Å². The van der Waals surface area contributed by atoms with Gasteiger partial charge in [0.25, 0.3) is 0 Å². The predicted molar refractivity (Wildman–Crippen MR) is 98.3 cm³/mol. The summed E-state index contributed by atoms with van der Waals surface area (Å²) in [6.45, 7) is 1.14. The van der Waals surface area contributed by atoms with Crippen LogP contribution in [-0.4, -0.2) is 12.6 Å². The van der Waals surface area contributed by atoms with E-state index in [4.69, 9.17) is 0 Å². The third-order valence-corrected chi connectivity index (χ3v) is 7.09. The van der Waals surface area contributed by atoms with Gasteiger partial charge in [-0.05, 0) is 56.3 Å². The number of nitriles is 1. The van der Waals surface area contributed by atoms with E-state index in [9.17, 15) is 5.26 Å². The van der Waals surface area contributed by atoms with Crippen LogP contribution in [-0.2, 0) is 0 Å². The number of allylic oxidation sites excluding steroid dienone is 4. The van der Waals surface area contributed by atoms with Gasteiger partial charge in [-0.3, -0.25) is 0 Å². The Kier molecular flexibility index (Phi) is 5.09. The average Bonchev–Trinajstić information content (AvgIpc) is 3.48. The molecule has 3 fully saturated rings. The molecule has 2 nitrogen and oxygen atoms in total. The monoisotopic (exact) mass is 324 g/mol.